The van der Waals surface area contributed by atoms with Crippen LogP contribution >= 0.6 is 11.8 Å². The lowest BCUT2D eigenvalue weighted by molar-refractivity contribution is -0.119. The van der Waals surface area contributed by atoms with Crippen LogP contribution in [0.2, 0.25) is 0 Å². The zero-order valence-corrected chi connectivity index (χ0v) is 15.6. The quantitative estimate of drug-likeness (QED) is 0.612. The van der Waals surface area contributed by atoms with E-state index in [-0.39, 0.29) is 17.7 Å². The van der Waals surface area contributed by atoms with Crippen LogP contribution < -0.4 is 5.32 Å². The first-order valence-corrected chi connectivity index (χ1v) is 9.46. The first-order valence-electron chi connectivity index (χ1n) is 8.48. The van der Waals surface area contributed by atoms with Crippen LogP contribution in [0.15, 0.2) is 52.5 Å². The van der Waals surface area contributed by atoms with Gasteiger partial charge in [-0.3, -0.25) is 9.78 Å². The largest absolute Gasteiger partial charge is 0.467 e. The summed E-state index contributed by atoms with van der Waals surface area (Å²) in [6.45, 7) is 4.78. The van der Waals surface area contributed by atoms with Crippen LogP contribution in [-0.4, -0.2) is 31.4 Å². The zero-order valence-electron chi connectivity index (χ0n) is 14.8. The van der Waals surface area contributed by atoms with E-state index in [9.17, 15) is 4.79 Å². The molecule has 3 aromatic rings. The molecule has 0 aromatic carbocycles. The first kappa shape index (κ1) is 18.2. The Morgan fingerprint density at radius 3 is 2.81 bits per heavy atom. The van der Waals surface area contributed by atoms with Gasteiger partial charge in [0.25, 0.3) is 0 Å². The summed E-state index contributed by atoms with van der Waals surface area (Å²) >= 11 is 1.38. The lowest BCUT2D eigenvalue weighted by atomic mass is 10.2. The fraction of sp³-hybridized carbons (Fsp3) is 0.333. The molecule has 0 bridgehead atoms. The third kappa shape index (κ3) is 4.32. The van der Waals surface area contributed by atoms with E-state index in [0.717, 1.165) is 35.3 Å². The Bertz CT molecular complexity index is 833. The normalized spacial score (nSPS) is 12.1. The van der Waals surface area contributed by atoms with E-state index in [4.69, 9.17) is 4.42 Å². The van der Waals surface area contributed by atoms with Gasteiger partial charge in [0.05, 0.1) is 18.1 Å². The molecule has 7 nitrogen and oxygen atoms in total. The number of hydrogen-bond donors (Lipinski definition) is 1. The average molecular weight is 371 g/mol. The first-order chi connectivity index (χ1) is 12.7. The van der Waals surface area contributed by atoms with Gasteiger partial charge in [-0.1, -0.05) is 18.7 Å². The van der Waals surface area contributed by atoms with Crippen molar-refractivity contribution in [2.24, 2.45) is 0 Å². The van der Waals surface area contributed by atoms with Gasteiger partial charge < -0.3 is 14.3 Å². The topological polar surface area (TPSA) is 85.8 Å². The Kier molecular flexibility index (Phi) is 6.06. The number of rotatable bonds is 8. The molecule has 26 heavy (non-hydrogen) atoms. The van der Waals surface area contributed by atoms with Gasteiger partial charge in [-0.25, -0.2) is 0 Å². The molecule has 0 spiro atoms. The SMILES string of the molecule is CCCn1c(SCC(=O)NC(C)c2ccco2)nnc1-c1ccncc1. The van der Waals surface area contributed by atoms with Crippen LogP contribution in [0.4, 0.5) is 0 Å². The highest BCUT2D eigenvalue weighted by Crippen LogP contribution is 2.24. The standard InChI is InChI=1S/C18H21N5O2S/c1-3-10-23-17(14-6-8-19-9-7-14)21-22-18(23)26-12-16(24)20-13(2)15-5-4-11-25-15/h4-9,11,13H,3,10,12H2,1-2H3,(H,20,24). The van der Waals surface area contributed by atoms with Crippen LogP contribution in [0, 0.1) is 0 Å². The van der Waals surface area contributed by atoms with Crippen molar-refractivity contribution >= 4 is 17.7 Å². The molecule has 1 amide bonds. The van der Waals surface area contributed by atoms with Crippen molar-refractivity contribution in [3.8, 4) is 11.4 Å². The van der Waals surface area contributed by atoms with E-state index in [1.807, 2.05) is 29.7 Å². The van der Waals surface area contributed by atoms with E-state index >= 15 is 0 Å². The van der Waals surface area contributed by atoms with Gasteiger partial charge in [-0.2, -0.15) is 0 Å². The summed E-state index contributed by atoms with van der Waals surface area (Å²) in [6, 6.07) is 7.29. The van der Waals surface area contributed by atoms with E-state index in [1.54, 1.807) is 24.7 Å². The van der Waals surface area contributed by atoms with Crippen molar-refractivity contribution < 1.29 is 9.21 Å². The molecule has 0 aliphatic carbocycles. The fourth-order valence-electron chi connectivity index (χ4n) is 2.56. The average Bonchev–Trinajstić information content (AvgIpc) is 3.31. The minimum absolute atomic E-state index is 0.0737. The summed E-state index contributed by atoms with van der Waals surface area (Å²) in [4.78, 5) is 16.3. The molecule has 1 unspecified atom stereocenters. The number of hydrogen-bond acceptors (Lipinski definition) is 6. The van der Waals surface area contributed by atoms with E-state index < -0.39 is 0 Å². The number of nitrogens with zero attached hydrogens (tertiary/aromatic N) is 4. The molecule has 0 saturated heterocycles. The minimum atomic E-state index is -0.168. The molecule has 3 rings (SSSR count). The Hall–Kier alpha value is -2.61. The van der Waals surface area contributed by atoms with Crippen LogP contribution in [-0.2, 0) is 11.3 Å². The molecule has 0 saturated carbocycles. The van der Waals surface area contributed by atoms with Crippen molar-refractivity contribution in [1.29, 1.82) is 0 Å². The highest BCUT2D eigenvalue weighted by molar-refractivity contribution is 7.99. The molecule has 3 aromatic heterocycles. The molecule has 0 fully saturated rings. The van der Waals surface area contributed by atoms with Crippen LogP contribution in [0.1, 0.15) is 32.1 Å². The summed E-state index contributed by atoms with van der Waals surface area (Å²) in [7, 11) is 0. The van der Waals surface area contributed by atoms with Gasteiger partial charge in [0.2, 0.25) is 5.91 Å². The van der Waals surface area contributed by atoms with Crippen LogP contribution in [0.5, 0.6) is 0 Å². The Morgan fingerprint density at radius 2 is 2.12 bits per heavy atom. The number of pyridine rings is 1. The molecule has 8 heteroatoms. The van der Waals surface area contributed by atoms with Crippen molar-refractivity contribution in [2.45, 2.75) is 38.0 Å². The van der Waals surface area contributed by atoms with Gasteiger partial charge in [0, 0.05) is 24.5 Å². The number of amides is 1. The number of thioether (sulfide) groups is 1. The predicted molar refractivity (Wildman–Crippen MR) is 99.5 cm³/mol. The lowest BCUT2D eigenvalue weighted by Gasteiger charge is -2.12. The van der Waals surface area contributed by atoms with Gasteiger partial charge in [-0.15, -0.1) is 10.2 Å². The van der Waals surface area contributed by atoms with E-state index in [2.05, 4.69) is 27.4 Å². The smallest absolute Gasteiger partial charge is 0.231 e. The second-order valence-corrected chi connectivity index (χ2v) is 6.73. The number of carbonyl (C=O) groups is 1. The van der Waals surface area contributed by atoms with Crippen molar-refractivity contribution in [2.75, 3.05) is 5.75 Å². The second kappa shape index (κ2) is 8.66. The summed E-state index contributed by atoms with van der Waals surface area (Å²) < 4.78 is 7.35. The van der Waals surface area contributed by atoms with Crippen LogP contribution in [0.3, 0.4) is 0 Å². The highest BCUT2D eigenvalue weighted by Gasteiger charge is 2.16. The minimum Gasteiger partial charge on any atom is -0.467 e. The molecule has 136 valence electrons. The molecule has 3 heterocycles. The molecular formula is C18H21N5O2S. The second-order valence-electron chi connectivity index (χ2n) is 5.79. The zero-order chi connectivity index (χ0) is 18.4. The number of nitrogens with one attached hydrogen (secondary N) is 1. The summed E-state index contributed by atoms with van der Waals surface area (Å²) in [5.41, 5.74) is 0.962. The van der Waals surface area contributed by atoms with Crippen molar-refractivity contribution in [3.63, 3.8) is 0 Å². The third-order valence-corrected chi connectivity index (χ3v) is 4.75. The monoisotopic (exact) mass is 371 g/mol. The third-order valence-electron chi connectivity index (χ3n) is 3.78. The van der Waals surface area contributed by atoms with Gasteiger partial charge >= 0.3 is 0 Å². The maximum absolute atomic E-state index is 12.2. The van der Waals surface area contributed by atoms with Gasteiger partial charge in [0.1, 0.15) is 5.76 Å². The maximum atomic E-state index is 12.2. The number of aromatic nitrogens is 4. The number of carbonyl (C=O) groups excluding carboxylic acids is 1. The maximum Gasteiger partial charge on any atom is 0.231 e. The molecule has 0 aliphatic rings. The Morgan fingerprint density at radius 1 is 1.31 bits per heavy atom. The van der Waals surface area contributed by atoms with Gasteiger partial charge in [0.15, 0.2) is 11.0 Å². The molecule has 1 N–H and O–H groups in total. The fourth-order valence-corrected chi connectivity index (χ4v) is 3.33. The molecule has 0 aliphatic heterocycles. The predicted octanol–water partition coefficient (Wildman–Crippen LogP) is 3.31. The molecule has 0 radical (unpaired) electrons. The molecule has 1 atom stereocenters. The number of furan rings is 1. The lowest BCUT2D eigenvalue weighted by Crippen LogP contribution is -2.28. The molecular weight excluding hydrogens is 350 g/mol. The summed E-state index contributed by atoms with van der Waals surface area (Å²) in [5, 5.41) is 12.2. The van der Waals surface area contributed by atoms with Gasteiger partial charge in [-0.05, 0) is 37.6 Å². The van der Waals surface area contributed by atoms with Crippen molar-refractivity contribution in [1.82, 2.24) is 25.1 Å². The van der Waals surface area contributed by atoms with Crippen LogP contribution in [0.25, 0.3) is 11.4 Å². The Labute approximate surface area is 156 Å². The van der Waals surface area contributed by atoms with Crippen molar-refractivity contribution in [3.05, 3.63) is 48.7 Å². The Balaban J connectivity index is 1.66. The van der Waals surface area contributed by atoms with E-state index in [1.165, 1.54) is 11.8 Å². The summed E-state index contributed by atoms with van der Waals surface area (Å²) in [6.07, 6.45) is 6.01. The summed E-state index contributed by atoms with van der Waals surface area (Å²) in [5.74, 6) is 1.72. The van der Waals surface area contributed by atoms with E-state index in [0.29, 0.717) is 0 Å². The highest BCUT2D eigenvalue weighted by atomic mass is 32.2.